The quantitative estimate of drug-likeness (QED) is 0.809. The van der Waals surface area contributed by atoms with Gasteiger partial charge in [-0.2, -0.15) is 26.3 Å². The van der Waals surface area contributed by atoms with Gasteiger partial charge in [0.05, 0.1) is 21.7 Å². The predicted molar refractivity (Wildman–Crippen MR) is 73.7 cm³/mol. The Morgan fingerprint density at radius 3 is 1.71 bits per heavy atom. The van der Waals surface area contributed by atoms with Crippen LogP contribution in [0, 0.1) is 0 Å². The summed E-state index contributed by atoms with van der Waals surface area (Å²) >= 11 is 0. The molecule has 0 amide bonds. The number of benzene rings is 2. The van der Waals surface area contributed by atoms with Crippen LogP contribution in [0.4, 0.5) is 32.0 Å². The van der Waals surface area contributed by atoms with Gasteiger partial charge < -0.3 is 0 Å². The van der Waals surface area contributed by atoms with Crippen molar-refractivity contribution in [2.75, 3.05) is 4.72 Å². The van der Waals surface area contributed by atoms with Gasteiger partial charge in [-0.1, -0.05) is 24.3 Å². The molecular formula is C14H9F6NO2S. The van der Waals surface area contributed by atoms with E-state index in [0.29, 0.717) is 18.2 Å². The average Bonchev–Trinajstić information content (AvgIpc) is 2.45. The Morgan fingerprint density at radius 2 is 1.17 bits per heavy atom. The van der Waals surface area contributed by atoms with E-state index in [1.165, 1.54) is 0 Å². The summed E-state index contributed by atoms with van der Waals surface area (Å²) in [6.45, 7) is 0. The molecule has 0 saturated heterocycles. The van der Waals surface area contributed by atoms with E-state index in [2.05, 4.69) is 0 Å². The molecule has 0 bridgehead atoms. The number of hydrogen-bond donors (Lipinski definition) is 1. The summed E-state index contributed by atoms with van der Waals surface area (Å²) < 4.78 is 103. The summed E-state index contributed by atoms with van der Waals surface area (Å²) in [7, 11) is -4.88. The minimum Gasteiger partial charge on any atom is -0.279 e. The molecule has 3 nitrogen and oxygen atoms in total. The molecule has 0 unspecified atom stereocenters. The summed E-state index contributed by atoms with van der Waals surface area (Å²) in [6.07, 6.45) is -9.85. The van der Waals surface area contributed by atoms with Gasteiger partial charge in [-0.3, -0.25) is 4.72 Å². The van der Waals surface area contributed by atoms with E-state index < -0.39 is 44.1 Å². The first kappa shape index (κ1) is 18.1. The van der Waals surface area contributed by atoms with Gasteiger partial charge in [0.1, 0.15) is 0 Å². The number of halogens is 6. The van der Waals surface area contributed by atoms with Crippen molar-refractivity contribution >= 4 is 15.7 Å². The number of rotatable bonds is 3. The highest BCUT2D eigenvalue weighted by Gasteiger charge is 2.38. The molecule has 0 spiro atoms. The number of anilines is 1. The molecule has 0 radical (unpaired) electrons. The van der Waals surface area contributed by atoms with Crippen molar-refractivity contribution in [2.24, 2.45) is 0 Å². The minimum atomic E-state index is -4.98. The summed E-state index contributed by atoms with van der Waals surface area (Å²) in [4.78, 5) is -1.16. The number of hydrogen-bond acceptors (Lipinski definition) is 2. The highest BCUT2D eigenvalue weighted by atomic mass is 32.2. The van der Waals surface area contributed by atoms with Crippen LogP contribution < -0.4 is 4.72 Å². The molecule has 0 fully saturated rings. The lowest BCUT2D eigenvalue weighted by molar-refractivity contribution is -0.140. The van der Waals surface area contributed by atoms with Crippen LogP contribution in [0.15, 0.2) is 53.4 Å². The molecule has 2 aromatic rings. The SMILES string of the molecule is O=S(=O)(Nc1ccccc1C(F)(F)F)c1ccccc1C(F)(F)F. The van der Waals surface area contributed by atoms with Crippen molar-refractivity contribution in [3.8, 4) is 0 Å². The van der Waals surface area contributed by atoms with Crippen LogP contribution in [-0.2, 0) is 22.4 Å². The molecular weight excluding hydrogens is 360 g/mol. The molecule has 0 aliphatic rings. The molecule has 1 N–H and O–H groups in total. The number of sulfonamides is 1. The summed E-state index contributed by atoms with van der Waals surface area (Å²) in [5, 5.41) is 0. The van der Waals surface area contributed by atoms with Crippen LogP contribution in [0.5, 0.6) is 0 Å². The second-order valence-electron chi connectivity index (χ2n) is 4.64. The smallest absolute Gasteiger partial charge is 0.279 e. The molecule has 0 aliphatic heterocycles. The monoisotopic (exact) mass is 369 g/mol. The Morgan fingerprint density at radius 1 is 0.708 bits per heavy atom. The van der Waals surface area contributed by atoms with E-state index in [9.17, 15) is 34.8 Å². The molecule has 130 valence electrons. The molecule has 0 aromatic heterocycles. The van der Waals surface area contributed by atoms with E-state index in [0.717, 1.165) is 30.3 Å². The van der Waals surface area contributed by atoms with Gasteiger partial charge in [0, 0.05) is 0 Å². The van der Waals surface area contributed by atoms with Crippen molar-refractivity contribution in [1.82, 2.24) is 0 Å². The lowest BCUT2D eigenvalue weighted by Gasteiger charge is -2.17. The van der Waals surface area contributed by atoms with Crippen molar-refractivity contribution < 1.29 is 34.8 Å². The Hall–Kier alpha value is -2.23. The van der Waals surface area contributed by atoms with Gasteiger partial charge in [0.25, 0.3) is 10.0 Å². The Labute approximate surface area is 133 Å². The molecule has 0 aliphatic carbocycles. The third kappa shape index (κ3) is 3.81. The summed E-state index contributed by atoms with van der Waals surface area (Å²) in [6, 6.07) is 6.81. The van der Waals surface area contributed by atoms with E-state index >= 15 is 0 Å². The van der Waals surface area contributed by atoms with Gasteiger partial charge in [0.15, 0.2) is 0 Å². The molecule has 0 heterocycles. The maximum absolute atomic E-state index is 12.9. The van der Waals surface area contributed by atoms with Crippen molar-refractivity contribution in [3.05, 3.63) is 59.7 Å². The van der Waals surface area contributed by atoms with Gasteiger partial charge in [-0.05, 0) is 24.3 Å². The summed E-state index contributed by atoms with van der Waals surface area (Å²) in [5.41, 5.74) is -3.64. The lowest BCUT2D eigenvalue weighted by atomic mass is 10.2. The second-order valence-corrected chi connectivity index (χ2v) is 6.29. The molecule has 0 atom stereocenters. The van der Waals surface area contributed by atoms with Gasteiger partial charge in [-0.25, -0.2) is 8.42 Å². The third-order valence-corrected chi connectivity index (χ3v) is 4.38. The first-order valence-corrected chi connectivity index (χ1v) is 7.76. The summed E-state index contributed by atoms with van der Waals surface area (Å²) in [5.74, 6) is 0. The maximum Gasteiger partial charge on any atom is 0.418 e. The molecule has 24 heavy (non-hydrogen) atoms. The van der Waals surface area contributed by atoms with Crippen LogP contribution >= 0.6 is 0 Å². The normalized spacial score (nSPS) is 12.9. The predicted octanol–water partition coefficient (Wildman–Crippen LogP) is 4.53. The fraction of sp³-hybridized carbons (Fsp3) is 0.143. The highest BCUT2D eigenvalue weighted by Crippen LogP contribution is 2.37. The van der Waals surface area contributed by atoms with Crippen molar-refractivity contribution in [1.29, 1.82) is 0 Å². The van der Waals surface area contributed by atoms with Gasteiger partial charge >= 0.3 is 12.4 Å². The minimum absolute atomic E-state index is 0.532. The number of nitrogens with one attached hydrogen (secondary N) is 1. The van der Waals surface area contributed by atoms with Crippen LogP contribution in [0.25, 0.3) is 0 Å². The highest BCUT2D eigenvalue weighted by molar-refractivity contribution is 7.92. The molecule has 2 rings (SSSR count). The van der Waals surface area contributed by atoms with E-state index in [1.54, 1.807) is 4.72 Å². The van der Waals surface area contributed by atoms with Crippen molar-refractivity contribution in [2.45, 2.75) is 17.2 Å². The zero-order valence-electron chi connectivity index (χ0n) is 11.6. The standard InChI is InChI=1S/C14H9F6NO2S/c15-13(16,17)9-5-1-3-7-11(9)21-24(22,23)12-8-4-2-6-10(12)14(18,19)20/h1-8,21H. The third-order valence-electron chi connectivity index (χ3n) is 2.96. The van der Waals surface area contributed by atoms with Crippen LogP contribution in [0.1, 0.15) is 11.1 Å². The molecule has 10 heteroatoms. The Bertz CT molecular complexity index is 843. The maximum atomic E-state index is 12.9. The average molecular weight is 369 g/mol. The molecule has 2 aromatic carbocycles. The zero-order valence-corrected chi connectivity index (χ0v) is 12.4. The van der Waals surface area contributed by atoms with Crippen LogP contribution in [-0.4, -0.2) is 8.42 Å². The first-order valence-electron chi connectivity index (χ1n) is 6.28. The van der Waals surface area contributed by atoms with Crippen LogP contribution in [0.2, 0.25) is 0 Å². The number of alkyl halides is 6. The second kappa shape index (κ2) is 6.00. The molecule has 0 saturated carbocycles. The van der Waals surface area contributed by atoms with E-state index in [4.69, 9.17) is 0 Å². The van der Waals surface area contributed by atoms with Gasteiger partial charge in [0.2, 0.25) is 0 Å². The Balaban J connectivity index is 2.53. The zero-order chi connectivity index (χ0) is 18.2. The fourth-order valence-electron chi connectivity index (χ4n) is 1.95. The van der Waals surface area contributed by atoms with E-state index in [1.807, 2.05) is 0 Å². The Kier molecular flexibility index (Phi) is 4.53. The number of para-hydroxylation sites is 1. The topological polar surface area (TPSA) is 46.2 Å². The van der Waals surface area contributed by atoms with Crippen LogP contribution in [0.3, 0.4) is 0 Å². The first-order chi connectivity index (χ1) is 10.9. The lowest BCUT2D eigenvalue weighted by Crippen LogP contribution is -2.20. The van der Waals surface area contributed by atoms with E-state index in [-0.39, 0.29) is 0 Å². The van der Waals surface area contributed by atoms with Gasteiger partial charge in [-0.15, -0.1) is 0 Å². The van der Waals surface area contributed by atoms with Crippen molar-refractivity contribution in [3.63, 3.8) is 0 Å². The fourth-order valence-corrected chi connectivity index (χ4v) is 3.26. The largest absolute Gasteiger partial charge is 0.418 e.